The maximum Gasteiger partial charge on any atom is 0.0937 e. The first-order valence-electron chi connectivity index (χ1n) is 9.53. The molecule has 0 bridgehead atoms. The molecule has 0 N–H and O–H groups in total. The quantitative estimate of drug-likeness (QED) is 0.716. The molecular formula is C21H27N3O2. The van der Waals surface area contributed by atoms with Crippen LogP contribution in [0.3, 0.4) is 0 Å². The largest absolute Gasteiger partial charge is 0.377 e. The van der Waals surface area contributed by atoms with Gasteiger partial charge in [-0.25, -0.2) is 0 Å². The lowest BCUT2D eigenvalue weighted by molar-refractivity contribution is -0.182. The van der Waals surface area contributed by atoms with E-state index in [1.807, 2.05) is 30.7 Å². The molecule has 2 aromatic rings. The van der Waals surface area contributed by atoms with Crippen molar-refractivity contribution < 1.29 is 9.47 Å². The molecule has 0 unspecified atom stereocenters. The topological polar surface area (TPSA) is 47.5 Å². The van der Waals surface area contributed by atoms with Gasteiger partial charge in [-0.3, -0.25) is 14.9 Å². The van der Waals surface area contributed by atoms with E-state index in [1.54, 1.807) is 6.20 Å². The molecule has 0 saturated carbocycles. The first-order valence-corrected chi connectivity index (χ1v) is 9.53. The summed E-state index contributed by atoms with van der Waals surface area (Å²) in [7, 11) is 0. The Morgan fingerprint density at radius 2 is 1.88 bits per heavy atom. The summed E-state index contributed by atoms with van der Waals surface area (Å²) in [6, 6.07) is 8.15. The van der Waals surface area contributed by atoms with E-state index >= 15 is 0 Å². The second kappa shape index (κ2) is 8.25. The molecule has 1 atom stereocenters. The number of likely N-dealkylation sites (tertiary alicyclic amines) is 1. The lowest BCUT2D eigenvalue weighted by Crippen LogP contribution is -2.64. The van der Waals surface area contributed by atoms with Crippen LogP contribution in [0.2, 0.25) is 0 Å². The van der Waals surface area contributed by atoms with E-state index in [0.717, 1.165) is 57.7 Å². The Balaban J connectivity index is 1.18. The lowest BCUT2D eigenvalue weighted by atomic mass is 9.79. The van der Waals surface area contributed by atoms with Gasteiger partial charge in [0.05, 0.1) is 12.2 Å². The summed E-state index contributed by atoms with van der Waals surface area (Å²) in [4.78, 5) is 10.8. The highest BCUT2D eigenvalue weighted by Crippen LogP contribution is 2.38. The van der Waals surface area contributed by atoms with Crippen LogP contribution in [0.4, 0.5) is 0 Å². The summed E-state index contributed by atoms with van der Waals surface area (Å²) < 4.78 is 12.0. The number of nitrogens with zero attached hydrogens (tertiary/aromatic N) is 3. The number of pyridine rings is 2. The van der Waals surface area contributed by atoms with E-state index in [4.69, 9.17) is 9.47 Å². The summed E-state index contributed by atoms with van der Waals surface area (Å²) in [5, 5.41) is 0. The van der Waals surface area contributed by atoms with Crippen LogP contribution in [0.1, 0.15) is 30.4 Å². The van der Waals surface area contributed by atoms with Crippen LogP contribution >= 0.6 is 0 Å². The van der Waals surface area contributed by atoms with Gasteiger partial charge in [0.1, 0.15) is 0 Å². The predicted molar refractivity (Wildman–Crippen MR) is 99.4 cm³/mol. The number of hydrogen-bond donors (Lipinski definition) is 0. The monoisotopic (exact) mass is 353 g/mol. The Morgan fingerprint density at radius 1 is 1.12 bits per heavy atom. The van der Waals surface area contributed by atoms with E-state index < -0.39 is 0 Å². The molecule has 0 aromatic carbocycles. The van der Waals surface area contributed by atoms with Crippen molar-refractivity contribution in [2.24, 2.45) is 5.92 Å². The van der Waals surface area contributed by atoms with Gasteiger partial charge in [-0.15, -0.1) is 0 Å². The first-order chi connectivity index (χ1) is 12.8. The Bertz CT molecular complexity index is 674. The normalized spacial score (nSPS) is 22.2. The highest BCUT2D eigenvalue weighted by Gasteiger charge is 2.47. The van der Waals surface area contributed by atoms with Crippen molar-refractivity contribution in [2.45, 2.75) is 38.0 Å². The van der Waals surface area contributed by atoms with E-state index in [0.29, 0.717) is 12.5 Å². The van der Waals surface area contributed by atoms with Crippen molar-refractivity contribution in [1.29, 1.82) is 0 Å². The minimum Gasteiger partial charge on any atom is -0.377 e. The maximum atomic E-state index is 6.17. The van der Waals surface area contributed by atoms with Crippen LogP contribution in [-0.4, -0.2) is 46.8 Å². The number of hydrogen-bond acceptors (Lipinski definition) is 5. The van der Waals surface area contributed by atoms with Gasteiger partial charge in [0.2, 0.25) is 0 Å². The smallest absolute Gasteiger partial charge is 0.0937 e. The Kier molecular flexibility index (Phi) is 5.58. The number of rotatable bonds is 7. The molecule has 0 aliphatic carbocycles. The van der Waals surface area contributed by atoms with Gasteiger partial charge in [0, 0.05) is 57.6 Å². The molecule has 4 rings (SSSR count). The molecule has 2 fully saturated rings. The van der Waals surface area contributed by atoms with E-state index in [-0.39, 0.29) is 5.60 Å². The predicted octanol–water partition coefficient (Wildman–Crippen LogP) is 3.06. The van der Waals surface area contributed by atoms with Crippen molar-refractivity contribution in [3.63, 3.8) is 0 Å². The van der Waals surface area contributed by atoms with Crippen molar-refractivity contribution in [2.75, 3.05) is 26.3 Å². The Morgan fingerprint density at radius 3 is 2.62 bits per heavy atom. The van der Waals surface area contributed by atoms with Gasteiger partial charge in [0.25, 0.3) is 0 Å². The molecule has 2 aliphatic heterocycles. The molecule has 4 heterocycles. The molecule has 2 saturated heterocycles. The fourth-order valence-corrected chi connectivity index (χ4v) is 4.15. The van der Waals surface area contributed by atoms with Crippen LogP contribution in [0.25, 0.3) is 0 Å². The van der Waals surface area contributed by atoms with Crippen LogP contribution in [0, 0.1) is 5.92 Å². The van der Waals surface area contributed by atoms with Crippen molar-refractivity contribution in [1.82, 2.24) is 14.9 Å². The van der Waals surface area contributed by atoms with Gasteiger partial charge in [-0.2, -0.15) is 0 Å². The zero-order chi connectivity index (χ0) is 17.7. The third-order valence-electron chi connectivity index (χ3n) is 5.41. The Hall–Kier alpha value is -1.82. The zero-order valence-electron chi connectivity index (χ0n) is 15.2. The first kappa shape index (κ1) is 17.6. The molecule has 0 radical (unpaired) electrons. The molecule has 0 amide bonds. The van der Waals surface area contributed by atoms with Gasteiger partial charge in [-0.1, -0.05) is 12.1 Å². The fourth-order valence-electron chi connectivity index (χ4n) is 4.15. The number of ether oxygens (including phenoxy) is 2. The van der Waals surface area contributed by atoms with E-state index in [2.05, 4.69) is 27.0 Å². The second-order valence-corrected chi connectivity index (χ2v) is 7.60. The van der Waals surface area contributed by atoms with Crippen LogP contribution in [0.5, 0.6) is 0 Å². The third-order valence-corrected chi connectivity index (χ3v) is 5.41. The van der Waals surface area contributed by atoms with Gasteiger partial charge >= 0.3 is 0 Å². The Labute approximate surface area is 155 Å². The average molecular weight is 353 g/mol. The van der Waals surface area contributed by atoms with Gasteiger partial charge in [-0.05, 0) is 48.4 Å². The highest BCUT2D eigenvalue weighted by atomic mass is 16.5. The fraction of sp³-hybridized carbons (Fsp3) is 0.524. The minimum absolute atomic E-state index is 0.0779. The third kappa shape index (κ3) is 4.47. The zero-order valence-corrected chi connectivity index (χ0v) is 15.2. The molecule has 2 aliphatic rings. The van der Waals surface area contributed by atoms with Crippen molar-refractivity contribution in [3.05, 3.63) is 60.2 Å². The summed E-state index contributed by atoms with van der Waals surface area (Å²) in [5.74, 6) is 0.707. The van der Waals surface area contributed by atoms with Crippen LogP contribution in [-0.2, 0) is 22.6 Å². The molecule has 138 valence electrons. The van der Waals surface area contributed by atoms with Crippen LogP contribution < -0.4 is 0 Å². The van der Waals surface area contributed by atoms with Gasteiger partial charge in [0.15, 0.2) is 0 Å². The average Bonchev–Trinajstić information content (AvgIpc) is 2.66. The van der Waals surface area contributed by atoms with E-state index in [1.165, 1.54) is 5.56 Å². The summed E-state index contributed by atoms with van der Waals surface area (Å²) in [6.07, 6.45) is 10.9. The highest BCUT2D eigenvalue weighted by molar-refractivity contribution is 5.11. The van der Waals surface area contributed by atoms with Crippen LogP contribution in [0.15, 0.2) is 49.1 Å². The van der Waals surface area contributed by atoms with Crippen molar-refractivity contribution >= 4 is 0 Å². The summed E-state index contributed by atoms with van der Waals surface area (Å²) >= 11 is 0. The molecule has 5 nitrogen and oxygen atoms in total. The summed E-state index contributed by atoms with van der Waals surface area (Å²) in [5.41, 5.74) is 2.49. The maximum absolute atomic E-state index is 6.17. The molecule has 26 heavy (non-hydrogen) atoms. The standard InChI is InChI=1S/C21H27N3O2/c1-3-19(12-22-7-1)14-24-16-21(17-24)11-18(6-10-26-21)5-9-25-15-20-4-2-8-23-13-20/h1-4,7-8,12-13,18H,5-6,9-11,14-17H2/t18-/m1/s1. The molecule has 1 spiro atoms. The molecule has 5 heteroatoms. The number of aromatic nitrogens is 2. The van der Waals surface area contributed by atoms with Crippen molar-refractivity contribution in [3.8, 4) is 0 Å². The minimum atomic E-state index is 0.0779. The van der Waals surface area contributed by atoms with Gasteiger partial charge < -0.3 is 9.47 Å². The molecule has 2 aromatic heterocycles. The SMILES string of the molecule is c1cncc(COCC[C@@H]2CCOC3(C2)CN(Cc2cccnc2)C3)c1. The summed E-state index contributed by atoms with van der Waals surface area (Å²) in [6.45, 7) is 5.39. The second-order valence-electron chi connectivity index (χ2n) is 7.60. The molecular weight excluding hydrogens is 326 g/mol. The lowest BCUT2D eigenvalue weighted by Gasteiger charge is -2.53. The van der Waals surface area contributed by atoms with E-state index in [9.17, 15) is 0 Å².